The predicted octanol–water partition coefficient (Wildman–Crippen LogP) is 2.72. The maximum absolute atomic E-state index is 6.10. The lowest BCUT2D eigenvalue weighted by atomic mass is 9.96. The Morgan fingerprint density at radius 2 is 2.23 bits per heavy atom. The molecule has 6 heteroatoms. The maximum Gasteiger partial charge on any atom is 0.191 e. The van der Waals surface area contributed by atoms with E-state index in [1.165, 1.54) is 18.4 Å². The third-order valence-electron chi connectivity index (χ3n) is 4.04. The molecule has 0 aliphatic heterocycles. The molecule has 0 saturated heterocycles. The molecule has 22 heavy (non-hydrogen) atoms. The number of benzene rings is 1. The summed E-state index contributed by atoms with van der Waals surface area (Å²) in [5.74, 6) is 0.760. The van der Waals surface area contributed by atoms with Gasteiger partial charge in [-0.1, -0.05) is 28.9 Å². The van der Waals surface area contributed by atoms with E-state index in [9.17, 15) is 0 Å². The van der Waals surface area contributed by atoms with Gasteiger partial charge in [0.25, 0.3) is 0 Å². The molecule has 1 fully saturated rings. The number of hydrogen-bond acceptors (Lipinski definition) is 3. The molecule has 0 bridgehead atoms. The lowest BCUT2D eigenvalue weighted by Gasteiger charge is -2.19. The number of guanidine groups is 1. The van der Waals surface area contributed by atoms with E-state index in [1.54, 1.807) is 13.3 Å². The number of aromatic nitrogens is 1. The van der Waals surface area contributed by atoms with Crippen molar-refractivity contribution in [3.63, 3.8) is 0 Å². The van der Waals surface area contributed by atoms with E-state index in [2.05, 4.69) is 32.9 Å². The van der Waals surface area contributed by atoms with Crippen LogP contribution in [0.5, 0.6) is 0 Å². The highest BCUT2D eigenvalue weighted by Crippen LogP contribution is 2.48. The summed E-state index contributed by atoms with van der Waals surface area (Å²) < 4.78 is 4.81. The third kappa shape index (κ3) is 3.42. The van der Waals surface area contributed by atoms with Gasteiger partial charge in [-0.05, 0) is 30.5 Å². The van der Waals surface area contributed by atoms with Crippen molar-refractivity contribution < 1.29 is 4.52 Å². The van der Waals surface area contributed by atoms with Gasteiger partial charge in [-0.25, -0.2) is 0 Å². The van der Waals surface area contributed by atoms with Crippen LogP contribution in [0.3, 0.4) is 0 Å². The van der Waals surface area contributed by atoms with Crippen molar-refractivity contribution in [2.45, 2.75) is 24.8 Å². The highest BCUT2D eigenvalue weighted by Gasteiger charge is 2.44. The van der Waals surface area contributed by atoms with Gasteiger partial charge in [0, 0.05) is 30.1 Å². The Labute approximate surface area is 134 Å². The minimum Gasteiger partial charge on any atom is -0.364 e. The van der Waals surface area contributed by atoms with E-state index in [1.807, 2.05) is 18.2 Å². The summed E-state index contributed by atoms with van der Waals surface area (Å²) in [6.07, 6.45) is 3.90. The number of nitrogens with zero attached hydrogens (tertiary/aromatic N) is 2. The smallest absolute Gasteiger partial charge is 0.191 e. The van der Waals surface area contributed by atoms with Crippen LogP contribution in [0.4, 0.5) is 0 Å². The summed E-state index contributed by atoms with van der Waals surface area (Å²) in [4.78, 5) is 4.24. The molecule has 1 heterocycles. The lowest BCUT2D eigenvalue weighted by Crippen LogP contribution is -2.40. The molecule has 0 radical (unpaired) electrons. The van der Waals surface area contributed by atoms with Crippen LogP contribution >= 0.6 is 11.6 Å². The zero-order chi connectivity index (χ0) is 15.4. The van der Waals surface area contributed by atoms with E-state index < -0.39 is 0 Å². The zero-order valence-corrected chi connectivity index (χ0v) is 13.2. The molecule has 1 aliphatic rings. The summed E-state index contributed by atoms with van der Waals surface area (Å²) >= 11 is 6.10. The van der Waals surface area contributed by atoms with E-state index in [0.29, 0.717) is 6.54 Å². The van der Waals surface area contributed by atoms with Crippen molar-refractivity contribution in [2.24, 2.45) is 4.99 Å². The molecule has 1 aliphatic carbocycles. The van der Waals surface area contributed by atoms with Gasteiger partial charge in [0.2, 0.25) is 0 Å². The van der Waals surface area contributed by atoms with Crippen LogP contribution < -0.4 is 10.6 Å². The maximum atomic E-state index is 6.10. The average molecular weight is 319 g/mol. The van der Waals surface area contributed by atoms with Crippen molar-refractivity contribution in [3.05, 3.63) is 52.9 Å². The van der Waals surface area contributed by atoms with E-state index in [0.717, 1.165) is 23.2 Å². The van der Waals surface area contributed by atoms with Crippen molar-refractivity contribution in [3.8, 4) is 0 Å². The molecular formula is C16H19ClN4O. The summed E-state index contributed by atoms with van der Waals surface area (Å²) in [6, 6.07) is 9.95. The SMILES string of the molecule is CN=C(NCc1ccon1)NCC1(c2cccc(Cl)c2)CC1. The lowest BCUT2D eigenvalue weighted by molar-refractivity contribution is 0.410. The van der Waals surface area contributed by atoms with Crippen LogP contribution in [0.2, 0.25) is 5.02 Å². The summed E-state index contributed by atoms with van der Waals surface area (Å²) in [5, 5.41) is 11.3. The first kappa shape index (κ1) is 14.9. The highest BCUT2D eigenvalue weighted by atomic mass is 35.5. The van der Waals surface area contributed by atoms with E-state index in [4.69, 9.17) is 16.1 Å². The molecule has 3 rings (SSSR count). The first-order chi connectivity index (χ1) is 10.7. The normalized spacial score (nSPS) is 16.4. The second-order valence-corrected chi connectivity index (χ2v) is 6.00. The Kier molecular flexibility index (Phi) is 4.34. The monoisotopic (exact) mass is 318 g/mol. The minimum absolute atomic E-state index is 0.177. The van der Waals surface area contributed by atoms with Gasteiger partial charge in [-0.3, -0.25) is 4.99 Å². The third-order valence-corrected chi connectivity index (χ3v) is 4.27. The first-order valence-electron chi connectivity index (χ1n) is 7.32. The van der Waals surface area contributed by atoms with Gasteiger partial charge < -0.3 is 15.2 Å². The quantitative estimate of drug-likeness (QED) is 0.657. The Balaban J connectivity index is 1.56. The van der Waals surface area contributed by atoms with Crippen molar-refractivity contribution in [1.29, 1.82) is 0 Å². The van der Waals surface area contributed by atoms with Crippen LogP contribution in [0.1, 0.15) is 24.1 Å². The fourth-order valence-electron chi connectivity index (χ4n) is 2.51. The molecule has 2 aromatic rings. The predicted molar refractivity (Wildman–Crippen MR) is 87.1 cm³/mol. The Morgan fingerprint density at radius 3 is 2.86 bits per heavy atom. The average Bonchev–Trinajstić information content (AvgIpc) is 3.14. The van der Waals surface area contributed by atoms with Gasteiger partial charge in [-0.2, -0.15) is 0 Å². The number of rotatable bonds is 5. The fourth-order valence-corrected chi connectivity index (χ4v) is 2.70. The molecule has 0 amide bonds. The molecule has 116 valence electrons. The number of halogens is 1. The van der Waals surface area contributed by atoms with Crippen LogP contribution in [-0.4, -0.2) is 24.7 Å². The van der Waals surface area contributed by atoms with E-state index >= 15 is 0 Å². The fraction of sp³-hybridized carbons (Fsp3) is 0.375. The van der Waals surface area contributed by atoms with Crippen molar-refractivity contribution >= 4 is 17.6 Å². The molecule has 2 N–H and O–H groups in total. The highest BCUT2D eigenvalue weighted by molar-refractivity contribution is 6.30. The molecule has 1 saturated carbocycles. The number of hydrogen-bond donors (Lipinski definition) is 2. The summed E-state index contributed by atoms with van der Waals surface area (Å²) in [5.41, 5.74) is 2.31. The second-order valence-electron chi connectivity index (χ2n) is 5.56. The van der Waals surface area contributed by atoms with Crippen molar-refractivity contribution in [2.75, 3.05) is 13.6 Å². The minimum atomic E-state index is 0.177. The molecule has 0 atom stereocenters. The second kappa shape index (κ2) is 6.40. The van der Waals surface area contributed by atoms with Crippen LogP contribution in [0.15, 0.2) is 46.1 Å². The van der Waals surface area contributed by atoms with Gasteiger partial charge >= 0.3 is 0 Å². The zero-order valence-electron chi connectivity index (χ0n) is 12.5. The standard InChI is InChI=1S/C16H19ClN4O/c1-18-15(19-10-14-5-8-22-21-14)20-11-16(6-7-16)12-3-2-4-13(17)9-12/h2-5,8-9H,6-7,10-11H2,1H3,(H2,18,19,20). The van der Waals surface area contributed by atoms with Gasteiger partial charge in [0.1, 0.15) is 12.0 Å². The Morgan fingerprint density at radius 1 is 1.36 bits per heavy atom. The van der Waals surface area contributed by atoms with Crippen molar-refractivity contribution in [1.82, 2.24) is 15.8 Å². The molecule has 0 spiro atoms. The topological polar surface area (TPSA) is 62.5 Å². The number of nitrogens with one attached hydrogen (secondary N) is 2. The van der Waals surface area contributed by atoms with E-state index in [-0.39, 0.29) is 5.41 Å². The molecule has 5 nitrogen and oxygen atoms in total. The van der Waals surface area contributed by atoms with Gasteiger partial charge in [0.15, 0.2) is 5.96 Å². The molecule has 1 aromatic carbocycles. The Bertz CT molecular complexity index is 650. The van der Waals surface area contributed by atoms with Crippen LogP contribution in [0.25, 0.3) is 0 Å². The molecule has 1 aromatic heterocycles. The molecule has 0 unspecified atom stereocenters. The Hall–Kier alpha value is -2.01. The summed E-state index contributed by atoms with van der Waals surface area (Å²) in [7, 11) is 1.76. The van der Waals surface area contributed by atoms with Crippen LogP contribution in [-0.2, 0) is 12.0 Å². The first-order valence-corrected chi connectivity index (χ1v) is 7.69. The summed E-state index contributed by atoms with van der Waals surface area (Å²) in [6.45, 7) is 1.42. The van der Waals surface area contributed by atoms with Crippen LogP contribution in [0, 0.1) is 0 Å². The van der Waals surface area contributed by atoms with Gasteiger partial charge in [0.05, 0.1) is 6.54 Å². The number of aliphatic imine (C=N–C) groups is 1. The van der Waals surface area contributed by atoms with Gasteiger partial charge in [-0.15, -0.1) is 0 Å². The largest absolute Gasteiger partial charge is 0.364 e. The molecular weight excluding hydrogens is 300 g/mol.